The molecule has 1 aliphatic rings. The Labute approximate surface area is 144 Å². The molecule has 0 aliphatic heterocycles. The lowest BCUT2D eigenvalue weighted by Crippen LogP contribution is -2.18. The van der Waals surface area contributed by atoms with Gasteiger partial charge in [0.2, 0.25) is 11.8 Å². The van der Waals surface area contributed by atoms with Crippen LogP contribution in [0.1, 0.15) is 26.2 Å². The maximum atomic E-state index is 9.65. The second-order valence-electron chi connectivity index (χ2n) is 6.00. The Bertz CT molecular complexity index is 865. The molecule has 0 amide bonds. The van der Waals surface area contributed by atoms with Crippen molar-refractivity contribution in [3.05, 3.63) is 24.5 Å². The Morgan fingerprint density at radius 2 is 2.20 bits per heavy atom. The standard InChI is InChI=1S/C16H19N7O2/c1-2-25-14-6-4-11(8-17-14)23-15-13(21-22-23)9-18-16(20-15)19-10-3-5-12(24)7-10/h4,6,8-10,12,24H,2-3,5,7H2,1H3,(H,18,19,20)/t10-,12-/m0/s1. The van der Waals surface area contributed by atoms with Gasteiger partial charge in [-0.3, -0.25) is 0 Å². The van der Waals surface area contributed by atoms with E-state index in [-0.39, 0.29) is 12.1 Å². The van der Waals surface area contributed by atoms with Crippen molar-refractivity contribution in [2.24, 2.45) is 0 Å². The molecule has 0 bridgehead atoms. The summed E-state index contributed by atoms with van der Waals surface area (Å²) in [5, 5.41) is 21.2. The number of aliphatic hydroxyl groups is 1. The van der Waals surface area contributed by atoms with Gasteiger partial charge in [-0.2, -0.15) is 9.67 Å². The van der Waals surface area contributed by atoms with Crippen molar-refractivity contribution >= 4 is 17.1 Å². The normalized spacial score (nSPS) is 20.1. The zero-order chi connectivity index (χ0) is 17.2. The molecule has 0 spiro atoms. The summed E-state index contributed by atoms with van der Waals surface area (Å²) in [6.07, 6.45) is 5.48. The number of ether oxygens (including phenoxy) is 1. The average Bonchev–Trinajstić information content (AvgIpc) is 3.22. The fourth-order valence-corrected chi connectivity index (χ4v) is 2.97. The number of fused-ring (bicyclic) bond motifs is 1. The van der Waals surface area contributed by atoms with Crippen LogP contribution in [0.2, 0.25) is 0 Å². The summed E-state index contributed by atoms with van der Waals surface area (Å²) < 4.78 is 6.97. The Balaban J connectivity index is 1.62. The van der Waals surface area contributed by atoms with Gasteiger partial charge < -0.3 is 15.2 Å². The van der Waals surface area contributed by atoms with Crippen molar-refractivity contribution in [1.29, 1.82) is 0 Å². The van der Waals surface area contributed by atoms with Gasteiger partial charge in [-0.15, -0.1) is 5.10 Å². The summed E-state index contributed by atoms with van der Waals surface area (Å²) in [5.74, 6) is 1.07. The minimum absolute atomic E-state index is 0.184. The van der Waals surface area contributed by atoms with Crippen LogP contribution in [0.25, 0.3) is 16.9 Å². The average molecular weight is 341 g/mol. The molecule has 4 rings (SSSR count). The predicted molar refractivity (Wildman–Crippen MR) is 90.7 cm³/mol. The number of aromatic nitrogens is 6. The Kier molecular flexibility index (Phi) is 4.14. The van der Waals surface area contributed by atoms with Crippen LogP contribution in [0.3, 0.4) is 0 Å². The van der Waals surface area contributed by atoms with Crippen molar-refractivity contribution in [2.45, 2.75) is 38.3 Å². The van der Waals surface area contributed by atoms with Crippen LogP contribution >= 0.6 is 0 Å². The summed E-state index contributed by atoms with van der Waals surface area (Å²) in [7, 11) is 0. The number of nitrogens with zero attached hydrogens (tertiary/aromatic N) is 6. The van der Waals surface area contributed by atoms with E-state index in [9.17, 15) is 5.11 Å². The second kappa shape index (κ2) is 6.60. The highest BCUT2D eigenvalue weighted by Crippen LogP contribution is 2.22. The molecule has 3 aromatic rings. The molecular formula is C16H19N7O2. The molecule has 130 valence electrons. The maximum absolute atomic E-state index is 9.65. The van der Waals surface area contributed by atoms with E-state index < -0.39 is 0 Å². The number of rotatable bonds is 5. The lowest BCUT2D eigenvalue weighted by Gasteiger charge is -2.11. The van der Waals surface area contributed by atoms with Crippen LogP contribution in [0.5, 0.6) is 5.88 Å². The Morgan fingerprint density at radius 1 is 1.28 bits per heavy atom. The lowest BCUT2D eigenvalue weighted by atomic mass is 10.2. The molecule has 1 saturated carbocycles. The molecule has 1 fully saturated rings. The van der Waals surface area contributed by atoms with E-state index in [2.05, 4.69) is 30.6 Å². The summed E-state index contributed by atoms with van der Waals surface area (Å²) >= 11 is 0. The highest BCUT2D eigenvalue weighted by molar-refractivity contribution is 5.71. The monoisotopic (exact) mass is 341 g/mol. The first kappa shape index (κ1) is 15.7. The second-order valence-corrected chi connectivity index (χ2v) is 6.00. The van der Waals surface area contributed by atoms with Crippen LogP contribution in [0.15, 0.2) is 24.5 Å². The topological polar surface area (TPSA) is 111 Å². The van der Waals surface area contributed by atoms with Crippen molar-refractivity contribution in [3.8, 4) is 11.6 Å². The zero-order valence-electron chi connectivity index (χ0n) is 13.8. The lowest BCUT2D eigenvalue weighted by molar-refractivity contribution is 0.182. The van der Waals surface area contributed by atoms with Crippen molar-refractivity contribution in [2.75, 3.05) is 11.9 Å². The van der Waals surface area contributed by atoms with Crippen LogP contribution in [0, 0.1) is 0 Å². The van der Waals surface area contributed by atoms with Crippen molar-refractivity contribution in [1.82, 2.24) is 29.9 Å². The molecular weight excluding hydrogens is 322 g/mol. The molecule has 2 N–H and O–H groups in total. The first-order chi connectivity index (χ1) is 12.2. The first-order valence-corrected chi connectivity index (χ1v) is 8.35. The zero-order valence-corrected chi connectivity index (χ0v) is 13.8. The molecule has 25 heavy (non-hydrogen) atoms. The minimum Gasteiger partial charge on any atom is -0.478 e. The van der Waals surface area contributed by atoms with E-state index in [1.807, 2.05) is 13.0 Å². The largest absolute Gasteiger partial charge is 0.478 e. The van der Waals surface area contributed by atoms with E-state index in [1.54, 1.807) is 23.1 Å². The van der Waals surface area contributed by atoms with Gasteiger partial charge in [-0.05, 0) is 32.3 Å². The van der Waals surface area contributed by atoms with Crippen LogP contribution < -0.4 is 10.1 Å². The predicted octanol–water partition coefficient (Wildman–Crippen LogP) is 1.33. The van der Waals surface area contributed by atoms with Gasteiger partial charge in [-0.25, -0.2) is 9.97 Å². The Hall–Kier alpha value is -2.81. The number of hydrogen-bond donors (Lipinski definition) is 2. The number of nitrogens with one attached hydrogen (secondary N) is 1. The van der Waals surface area contributed by atoms with Crippen molar-refractivity contribution in [3.63, 3.8) is 0 Å². The van der Waals surface area contributed by atoms with Crippen LogP contribution in [0.4, 0.5) is 5.95 Å². The summed E-state index contributed by atoms with van der Waals surface area (Å²) in [4.78, 5) is 13.1. The van der Waals surface area contributed by atoms with Gasteiger partial charge in [0, 0.05) is 12.1 Å². The van der Waals surface area contributed by atoms with E-state index in [0.29, 0.717) is 36.0 Å². The fraction of sp³-hybridized carbons (Fsp3) is 0.438. The van der Waals surface area contributed by atoms with E-state index in [1.165, 1.54) is 0 Å². The van der Waals surface area contributed by atoms with Gasteiger partial charge in [-0.1, -0.05) is 5.21 Å². The molecule has 3 heterocycles. The number of pyridine rings is 1. The highest BCUT2D eigenvalue weighted by Gasteiger charge is 2.23. The smallest absolute Gasteiger partial charge is 0.225 e. The molecule has 3 aromatic heterocycles. The van der Waals surface area contributed by atoms with Gasteiger partial charge in [0.05, 0.1) is 30.8 Å². The molecule has 0 saturated heterocycles. The van der Waals surface area contributed by atoms with E-state index in [0.717, 1.165) is 18.5 Å². The molecule has 9 nitrogen and oxygen atoms in total. The van der Waals surface area contributed by atoms with Crippen molar-refractivity contribution < 1.29 is 9.84 Å². The van der Waals surface area contributed by atoms with Gasteiger partial charge in [0.25, 0.3) is 0 Å². The van der Waals surface area contributed by atoms with E-state index in [4.69, 9.17) is 4.74 Å². The fourth-order valence-electron chi connectivity index (χ4n) is 2.97. The third-order valence-corrected chi connectivity index (χ3v) is 4.19. The van der Waals surface area contributed by atoms with Gasteiger partial charge >= 0.3 is 0 Å². The molecule has 0 unspecified atom stereocenters. The van der Waals surface area contributed by atoms with Crippen LogP contribution in [-0.2, 0) is 0 Å². The molecule has 0 radical (unpaired) electrons. The van der Waals surface area contributed by atoms with E-state index >= 15 is 0 Å². The number of aliphatic hydroxyl groups excluding tert-OH is 1. The maximum Gasteiger partial charge on any atom is 0.225 e. The third-order valence-electron chi connectivity index (χ3n) is 4.19. The van der Waals surface area contributed by atoms with Gasteiger partial charge in [0.1, 0.15) is 0 Å². The summed E-state index contributed by atoms with van der Waals surface area (Å²) in [6, 6.07) is 3.82. The first-order valence-electron chi connectivity index (χ1n) is 8.35. The van der Waals surface area contributed by atoms with Gasteiger partial charge in [0.15, 0.2) is 11.2 Å². The summed E-state index contributed by atoms with van der Waals surface area (Å²) in [6.45, 7) is 2.48. The highest BCUT2D eigenvalue weighted by atomic mass is 16.5. The number of anilines is 1. The summed E-state index contributed by atoms with van der Waals surface area (Å²) in [5.41, 5.74) is 1.94. The molecule has 1 aliphatic carbocycles. The minimum atomic E-state index is -0.247. The van der Waals surface area contributed by atoms with Crippen LogP contribution in [-0.4, -0.2) is 53.8 Å². The SMILES string of the molecule is CCOc1ccc(-n2nnc3cnc(N[C@H]4CC[C@H](O)C4)nc32)cn1. The quantitative estimate of drug-likeness (QED) is 0.715. The third kappa shape index (κ3) is 3.22. The Morgan fingerprint density at radius 3 is 2.92 bits per heavy atom. The molecule has 9 heteroatoms. The molecule has 0 aromatic carbocycles. The number of hydrogen-bond acceptors (Lipinski definition) is 8. The molecule has 2 atom stereocenters.